The number of carbonyl (C=O) groups is 1. The summed E-state index contributed by atoms with van der Waals surface area (Å²) in [5.41, 5.74) is 8.07. The van der Waals surface area contributed by atoms with Crippen LogP contribution in [-0.4, -0.2) is 17.1 Å². The van der Waals surface area contributed by atoms with E-state index in [9.17, 15) is 18.7 Å². The maximum Gasteiger partial charge on any atom is 0.312 e. The van der Waals surface area contributed by atoms with Crippen molar-refractivity contribution in [3.05, 3.63) is 83.4 Å². The largest absolute Gasteiger partial charge is 0.481 e. The Labute approximate surface area is 166 Å². The summed E-state index contributed by atoms with van der Waals surface area (Å²) in [6.07, 6.45) is 1.30. The van der Waals surface area contributed by atoms with Crippen LogP contribution in [0.5, 0.6) is 11.5 Å². The van der Waals surface area contributed by atoms with Crippen molar-refractivity contribution in [1.82, 2.24) is 0 Å². The van der Waals surface area contributed by atoms with Gasteiger partial charge in [0.05, 0.1) is 5.92 Å². The van der Waals surface area contributed by atoms with Gasteiger partial charge in [0.1, 0.15) is 11.5 Å². The molecule has 4 rings (SSSR count). The summed E-state index contributed by atoms with van der Waals surface area (Å²) >= 11 is 0. The first-order valence-electron chi connectivity index (χ1n) is 9.28. The van der Waals surface area contributed by atoms with Gasteiger partial charge in [-0.25, -0.2) is 8.78 Å². The van der Waals surface area contributed by atoms with Crippen molar-refractivity contribution in [2.45, 2.75) is 24.8 Å². The number of carboxylic acids is 1. The molecule has 2 unspecified atom stereocenters. The van der Waals surface area contributed by atoms with Gasteiger partial charge in [-0.05, 0) is 48.2 Å². The highest BCUT2D eigenvalue weighted by atomic mass is 19.2. The SMILES string of the molecule is NC1CCc2ccc(Oc3ccccc3-c3cccc(F)c3F)cc2C1C(=O)O. The number of aliphatic carboxylic acids is 1. The second-order valence-electron chi connectivity index (χ2n) is 7.08. The van der Waals surface area contributed by atoms with Crippen LogP contribution < -0.4 is 10.5 Å². The topological polar surface area (TPSA) is 72.5 Å². The van der Waals surface area contributed by atoms with E-state index in [1.165, 1.54) is 12.1 Å². The highest BCUT2D eigenvalue weighted by Gasteiger charge is 2.33. The van der Waals surface area contributed by atoms with E-state index in [-0.39, 0.29) is 5.56 Å². The molecule has 6 heteroatoms. The Morgan fingerprint density at radius 2 is 1.79 bits per heavy atom. The van der Waals surface area contributed by atoms with Crippen LogP contribution in [0, 0.1) is 11.6 Å². The number of para-hydroxylation sites is 1. The zero-order valence-electron chi connectivity index (χ0n) is 15.4. The predicted octanol–water partition coefficient (Wildman–Crippen LogP) is 4.87. The molecule has 0 fully saturated rings. The van der Waals surface area contributed by atoms with Crippen molar-refractivity contribution in [3.8, 4) is 22.6 Å². The molecule has 148 valence electrons. The number of ether oxygens (including phenoxy) is 1. The molecule has 0 radical (unpaired) electrons. The van der Waals surface area contributed by atoms with Gasteiger partial charge in [0.15, 0.2) is 11.6 Å². The van der Waals surface area contributed by atoms with E-state index in [2.05, 4.69) is 0 Å². The molecule has 0 spiro atoms. The van der Waals surface area contributed by atoms with Crippen LogP contribution in [0.4, 0.5) is 8.78 Å². The third-order valence-corrected chi connectivity index (χ3v) is 5.25. The van der Waals surface area contributed by atoms with Gasteiger partial charge in [-0.15, -0.1) is 0 Å². The second kappa shape index (κ2) is 7.64. The van der Waals surface area contributed by atoms with E-state index in [0.29, 0.717) is 35.5 Å². The Morgan fingerprint density at radius 1 is 1.03 bits per heavy atom. The fraction of sp³-hybridized carbons (Fsp3) is 0.174. The van der Waals surface area contributed by atoms with Gasteiger partial charge in [0.2, 0.25) is 0 Å². The third kappa shape index (κ3) is 3.59. The normalized spacial score (nSPS) is 18.2. The van der Waals surface area contributed by atoms with Gasteiger partial charge in [-0.1, -0.05) is 36.4 Å². The van der Waals surface area contributed by atoms with Crippen molar-refractivity contribution in [1.29, 1.82) is 0 Å². The van der Waals surface area contributed by atoms with Gasteiger partial charge in [0.25, 0.3) is 0 Å². The molecule has 3 N–H and O–H groups in total. The van der Waals surface area contributed by atoms with E-state index in [1.807, 2.05) is 6.07 Å². The summed E-state index contributed by atoms with van der Waals surface area (Å²) in [5.74, 6) is -2.93. The molecule has 3 aromatic carbocycles. The van der Waals surface area contributed by atoms with Crippen LogP contribution in [0.3, 0.4) is 0 Å². The quantitative estimate of drug-likeness (QED) is 0.661. The molecule has 0 heterocycles. The number of fused-ring (bicyclic) bond motifs is 1. The highest BCUT2D eigenvalue weighted by molar-refractivity contribution is 5.78. The lowest BCUT2D eigenvalue weighted by Gasteiger charge is -2.28. The number of hydrogen-bond donors (Lipinski definition) is 2. The summed E-state index contributed by atoms with van der Waals surface area (Å²) in [7, 11) is 0. The van der Waals surface area contributed by atoms with Crippen LogP contribution in [0.25, 0.3) is 11.1 Å². The Balaban J connectivity index is 1.73. The van der Waals surface area contributed by atoms with Crippen LogP contribution in [0.2, 0.25) is 0 Å². The van der Waals surface area contributed by atoms with E-state index >= 15 is 0 Å². The molecule has 0 bridgehead atoms. The van der Waals surface area contributed by atoms with Gasteiger partial charge in [-0.2, -0.15) is 0 Å². The standard InChI is InChI=1S/C23H19F2NO3/c24-18-6-3-5-16(22(18)25)15-4-1-2-7-20(15)29-14-10-8-13-9-11-19(26)21(23(27)28)17(13)12-14/h1-8,10,12,19,21H,9,11,26H2,(H,27,28). The minimum absolute atomic E-state index is 0.0870. The number of rotatable bonds is 4. The first-order valence-corrected chi connectivity index (χ1v) is 9.28. The molecular weight excluding hydrogens is 376 g/mol. The molecule has 0 saturated carbocycles. The van der Waals surface area contributed by atoms with Crippen LogP contribution in [-0.2, 0) is 11.2 Å². The molecular formula is C23H19F2NO3. The maximum atomic E-state index is 14.3. The van der Waals surface area contributed by atoms with Crippen molar-refractivity contribution in [3.63, 3.8) is 0 Å². The number of benzene rings is 3. The number of hydrogen-bond acceptors (Lipinski definition) is 3. The average molecular weight is 395 g/mol. The molecule has 2 atom stereocenters. The highest BCUT2D eigenvalue weighted by Crippen LogP contribution is 2.38. The minimum atomic E-state index is -0.974. The first-order chi connectivity index (χ1) is 14.0. The van der Waals surface area contributed by atoms with Crippen LogP contribution in [0.1, 0.15) is 23.5 Å². The molecule has 1 aliphatic carbocycles. The smallest absolute Gasteiger partial charge is 0.312 e. The number of halogens is 2. The Bertz CT molecular complexity index is 1080. The molecule has 0 amide bonds. The summed E-state index contributed by atoms with van der Waals surface area (Å²) in [6.45, 7) is 0. The second-order valence-corrected chi connectivity index (χ2v) is 7.08. The molecule has 0 saturated heterocycles. The lowest BCUT2D eigenvalue weighted by molar-refractivity contribution is -0.139. The monoisotopic (exact) mass is 395 g/mol. The number of nitrogens with two attached hydrogens (primary N) is 1. The summed E-state index contributed by atoms with van der Waals surface area (Å²) < 4.78 is 34.0. The third-order valence-electron chi connectivity index (χ3n) is 5.25. The average Bonchev–Trinajstić information content (AvgIpc) is 2.70. The van der Waals surface area contributed by atoms with E-state index in [4.69, 9.17) is 10.5 Å². The Kier molecular flexibility index (Phi) is 5.03. The lowest BCUT2D eigenvalue weighted by atomic mass is 9.79. The van der Waals surface area contributed by atoms with Crippen LogP contribution in [0.15, 0.2) is 60.7 Å². The van der Waals surface area contributed by atoms with Crippen molar-refractivity contribution in [2.24, 2.45) is 5.73 Å². The first kappa shape index (κ1) is 19.1. The minimum Gasteiger partial charge on any atom is -0.481 e. The van der Waals surface area contributed by atoms with Crippen molar-refractivity contribution >= 4 is 5.97 Å². The van der Waals surface area contributed by atoms with E-state index in [0.717, 1.165) is 11.6 Å². The lowest BCUT2D eigenvalue weighted by Crippen LogP contribution is -2.37. The Morgan fingerprint density at radius 3 is 2.59 bits per heavy atom. The zero-order valence-corrected chi connectivity index (χ0v) is 15.4. The van der Waals surface area contributed by atoms with E-state index in [1.54, 1.807) is 36.4 Å². The van der Waals surface area contributed by atoms with Gasteiger partial charge >= 0.3 is 5.97 Å². The van der Waals surface area contributed by atoms with Crippen molar-refractivity contribution < 1.29 is 23.4 Å². The number of aryl methyl sites for hydroxylation is 1. The molecule has 29 heavy (non-hydrogen) atoms. The summed E-state index contributed by atoms with van der Waals surface area (Å²) in [5, 5.41) is 9.59. The van der Waals surface area contributed by atoms with Crippen LogP contribution >= 0.6 is 0 Å². The molecule has 1 aliphatic rings. The molecule has 0 aromatic heterocycles. The Hall–Kier alpha value is -3.25. The molecule has 3 aromatic rings. The fourth-order valence-electron chi connectivity index (χ4n) is 3.81. The maximum absolute atomic E-state index is 14.3. The van der Waals surface area contributed by atoms with Gasteiger partial charge in [0, 0.05) is 17.2 Å². The van der Waals surface area contributed by atoms with Crippen molar-refractivity contribution in [2.75, 3.05) is 0 Å². The molecule has 4 nitrogen and oxygen atoms in total. The summed E-state index contributed by atoms with van der Waals surface area (Å²) in [4.78, 5) is 11.7. The van der Waals surface area contributed by atoms with Gasteiger partial charge in [-0.3, -0.25) is 4.79 Å². The number of carboxylic acid groups (broad SMARTS) is 1. The van der Waals surface area contributed by atoms with Gasteiger partial charge < -0.3 is 15.6 Å². The predicted molar refractivity (Wildman–Crippen MR) is 105 cm³/mol. The summed E-state index contributed by atoms with van der Waals surface area (Å²) in [6, 6.07) is 15.5. The molecule has 0 aliphatic heterocycles. The van der Waals surface area contributed by atoms with E-state index < -0.39 is 29.6 Å². The zero-order chi connectivity index (χ0) is 20.5. The fourth-order valence-corrected chi connectivity index (χ4v) is 3.81.